The summed E-state index contributed by atoms with van der Waals surface area (Å²) in [6.45, 7) is 4.55. The summed E-state index contributed by atoms with van der Waals surface area (Å²) < 4.78 is 0. The van der Waals surface area contributed by atoms with Crippen molar-refractivity contribution >= 4 is 5.91 Å². The molecule has 0 aromatic carbocycles. The number of nitrogens with zero attached hydrogens (tertiary/aromatic N) is 5. The number of imidazole rings is 1. The lowest BCUT2D eigenvalue weighted by molar-refractivity contribution is 0.0599. The molecule has 0 bridgehead atoms. The van der Waals surface area contributed by atoms with Gasteiger partial charge in [-0.3, -0.25) is 9.78 Å². The van der Waals surface area contributed by atoms with E-state index in [0.29, 0.717) is 23.8 Å². The van der Waals surface area contributed by atoms with Crippen LogP contribution in [0.5, 0.6) is 0 Å². The number of H-pyrrole nitrogens is 1. The second kappa shape index (κ2) is 7.26. The fourth-order valence-electron chi connectivity index (χ4n) is 3.47. The number of nitrogens with one attached hydrogen (secondary N) is 1. The summed E-state index contributed by atoms with van der Waals surface area (Å²) in [5.74, 6) is 1.37. The largest absolute Gasteiger partial charge is 0.343 e. The van der Waals surface area contributed by atoms with Gasteiger partial charge in [0.15, 0.2) is 11.6 Å². The molecule has 0 spiro atoms. The average Bonchev–Trinajstić information content (AvgIpc) is 3.22. The van der Waals surface area contributed by atoms with Gasteiger partial charge in [-0.1, -0.05) is 0 Å². The zero-order chi connectivity index (χ0) is 18.8. The van der Waals surface area contributed by atoms with E-state index >= 15 is 0 Å². The lowest BCUT2D eigenvalue weighted by atomic mass is 10.00. The number of likely N-dealkylation sites (tertiary alicyclic amines) is 1. The van der Waals surface area contributed by atoms with Gasteiger partial charge in [0.25, 0.3) is 5.91 Å². The van der Waals surface area contributed by atoms with Gasteiger partial charge in [-0.05, 0) is 51.3 Å². The molecule has 27 heavy (non-hydrogen) atoms. The number of hydrogen-bond donors (Lipinski definition) is 1. The van der Waals surface area contributed by atoms with Crippen LogP contribution in [0.1, 0.15) is 52.9 Å². The number of pyridine rings is 1. The lowest BCUT2D eigenvalue weighted by Crippen LogP contribution is -2.39. The second-order valence-corrected chi connectivity index (χ2v) is 6.89. The number of piperidine rings is 1. The third kappa shape index (κ3) is 3.58. The van der Waals surface area contributed by atoms with E-state index in [2.05, 4.69) is 19.9 Å². The molecule has 7 heteroatoms. The van der Waals surface area contributed by atoms with Gasteiger partial charge in [0.2, 0.25) is 0 Å². The van der Waals surface area contributed by atoms with Crippen molar-refractivity contribution in [2.75, 3.05) is 6.54 Å². The van der Waals surface area contributed by atoms with Gasteiger partial charge in [-0.2, -0.15) is 0 Å². The average molecular weight is 362 g/mol. The summed E-state index contributed by atoms with van der Waals surface area (Å²) in [7, 11) is 0. The first-order valence-electron chi connectivity index (χ1n) is 9.21. The molecule has 0 radical (unpaired) electrons. The molecule has 138 valence electrons. The van der Waals surface area contributed by atoms with E-state index in [9.17, 15) is 4.79 Å². The van der Waals surface area contributed by atoms with Crippen LogP contribution in [0.4, 0.5) is 0 Å². The molecule has 1 atom stereocenters. The van der Waals surface area contributed by atoms with E-state index in [1.807, 2.05) is 36.9 Å². The normalized spacial score (nSPS) is 17.1. The van der Waals surface area contributed by atoms with Gasteiger partial charge in [0, 0.05) is 36.5 Å². The maximum atomic E-state index is 13.1. The van der Waals surface area contributed by atoms with Crippen LogP contribution in [0, 0.1) is 13.8 Å². The van der Waals surface area contributed by atoms with Crippen molar-refractivity contribution in [2.24, 2.45) is 0 Å². The Morgan fingerprint density at radius 3 is 2.78 bits per heavy atom. The van der Waals surface area contributed by atoms with Crippen LogP contribution in [-0.2, 0) is 0 Å². The number of hydrogen-bond acceptors (Lipinski definition) is 5. The number of amides is 1. The van der Waals surface area contributed by atoms with E-state index in [1.165, 1.54) is 0 Å². The maximum Gasteiger partial charge on any atom is 0.256 e. The molecule has 4 rings (SSSR count). The molecule has 1 aliphatic heterocycles. The molecule has 4 heterocycles. The highest BCUT2D eigenvalue weighted by molar-refractivity contribution is 5.94. The van der Waals surface area contributed by atoms with Crippen molar-refractivity contribution in [2.45, 2.75) is 39.2 Å². The molecule has 0 saturated carbocycles. The molecular weight excluding hydrogens is 340 g/mol. The van der Waals surface area contributed by atoms with Gasteiger partial charge >= 0.3 is 0 Å². The summed E-state index contributed by atoms with van der Waals surface area (Å²) in [4.78, 5) is 36.0. The second-order valence-electron chi connectivity index (χ2n) is 6.89. The number of aromatic nitrogens is 5. The molecule has 3 aromatic heterocycles. The number of carbonyl (C=O) groups excluding carboxylic acids is 1. The molecule has 1 amide bonds. The number of rotatable bonds is 3. The van der Waals surface area contributed by atoms with Gasteiger partial charge < -0.3 is 9.88 Å². The number of aryl methyl sites for hydroxylation is 2. The summed E-state index contributed by atoms with van der Waals surface area (Å²) in [6.07, 6.45) is 8.01. The Kier molecular flexibility index (Phi) is 4.66. The Morgan fingerprint density at radius 2 is 2.04 bits per heavy atom. The highest BCUT2D eigenvalue weighted by atomic mass is 16.2. The Balaban J connectivity index is 1.68. The smallest absolute Gasteiger partial charge is 0.256 e. The van der Waals surface area contributed by atoms with E-state index in [-0.39, 0.29) is 11.9 Å². The fourth-order valence-corrected chi connectivity index (χ4v) is 3.47. The van der Waals surface area contributed by atoms with Crippen LogP contribution >= 0.6 is 0 Å². The van der Waals surface area contributed by atoms with Crippen molar-refractivity contribution in [1.29, 1.82) is 0 Å². The molecule has 0 aliphatic carbocycles. The summed E-state index contributed by atoms with van der Waals surface area (Å²) >= 11 is 0. The molecule has 7 nitrogen and oxygen atoms in total. The standard InChI is InChI=1S/C20H22N6O/c1-13-6-7-15(12-23-13)20(27)26-10-4-3-5-17(26)19-24-14(2)11-16(25-19)18-21-8-9-22-18/h6-9,11-12,17H,3-5,10H2,1-2H3,(H,21,22)/t17-/m1/s1. The van der Waals surface area contributed by atoms with E-state index in [1.54, 1.807) is 18.6 Å². The predicted octanol–water partition coefficient (Wildman–Crippen LogP) is 3.25. The molecule has 1 aliphatic rings. The predicted molar refractivity (Wildman–Crippen MR) is 101 cm³/mol. The first kappa shape index (κ1) is 17.3. The van der Waals surface area contributed by atoms with Gasteiger partial charge in [0.05, 0.1) is 11.6 Å². The minimum absolute atomic E-state index is 0.0168. The Bertz CT molecular complexity index is 936. The molecular formula is C20H22N6O. The highest BCUT2D eigenvalue weighted by Crippen LogP contribution is 2.31. The third-order valence-electron chi connectivity index (χ3n) is 4.83. The molecule has 1 saturated heterocycles. The van der Waals surface area contributed by atoms with Crippen molar-refractivity contribution < 1.29 is 4.79 Å². The minimum Gasteiger partial charge on any atom is -0.343 e. The van der Waals surface area contributed by atoms with Gasteiger partial charge in [-0.15, -0.1) is 0 Å². The molecule has 1 fully saturated rings. The number of carbonyl (C=O) groups is 1. The topological polar surface area (TPSA) is 87.7 Å². The van der Waals surface area contributed by atoms with Crippen molar-refractivity contribution in [3.63, 3.8) is 0 Å². The van der Waals surface area contributed by atoms with Crippen LogP contribution < -0.4 is 0 Å². The zero-order valence-corrected chi connectivity index (χ0v) is 15.5. The van der Waals surface area contributed by atoms with Crippen LogP contribution in [0.3, 0.4) is 0 Å². The summed E-state index contributed by atoms with van der Waals surface area (Å²) in [6, 6.07) is 5.47. The Hall–Kier alpha value is -3.09. The monoisotopic (exact) mass is 362 g/mol. The van der Waals surface area contributed by atoms with Crippen molar-refractivity contribution in [3.05, 3.63) is 59.6 Å². The first-order valence-corrected chi connectivity index (χ1v) is 9.21. The van der Waals surface area contributed by atoms with Crippen LogP contribution in [0.15, 0.2) is 36.8 Å². The van der Waals surface area contributed by atoms with Gasteiger partial charge in [-0.25, -0.2) is 15.0 Å². The molecule has 0 unspecified atom stereocenters. The Morgan fingerprint density at radius 1 is 1.15 bits per heavy atom. The quantitative estimate of drug-likeness (QED) is 0.773. The van der Waals surface area contributed by atoms with Gasteiger partial charge in [0.1, 0.15) is 5.69 Å². The molecule has 1 N–H and O–H groups in total. The summed E-state index contributed by atoms with van der Waals surface area (Å²) in [5.41, 5.74) is 3.11. The maximum absolute atomic E-state index is 13.1. The van der Waals surface area contributed by atoms with Crippen LogP contribution in [0.25, 0.3) is 11.5 Å². The van der Waals surface area contributed by atoms with E-state index in [0.717, 1.165) is 36.3 Å². The van der Waals surface area contributed by atoms with Crippen molar-refractivity contribution in [3.8, 4) is 11.5 Å². The van der Waals surface area contributed by atoms with E-state index < -0.39 is 0 Å². The summed E-state index contributed by atoms with van der Waals surface area (Å²) in [5, 5.41) is 0. The SMILES string of the molecule is Cc1ccc(C(=O)N2CCCC[C@@H]2c2nc(C)cc(-c3ncc[nH]3)n2)cn1. The lowest BCUT2D eigenvalue weighted by Gasteiger charge is -2.35. The van der Waals surface area contributed by atoms with Crippen molar-refractivity contribution in [1.82, 2.24) is 29.8 Å². The van der Waals surface area contributed by atoms with Crippen LogP contribution in [0.2, 0.25) is 0 Å². The highest BCUT2D eigenvalue weighted by Gasteiger charge is 2.31. The zero-order valence-electron chi connectivity index (χ0n) is 15.5. The van der Waals surface area contributed by atoms with E-state index in [4.69, 9.17) is 4.98 Å². The van der Waals surface area contributed by atoms with Crippen LogP contribution in [-0.4, -0.2) is 42.3 Å². The minimum atomic E-state index is -0.138. The molecule has 3 aromatic rings. The Labute approximate surface area is 157 Å². The first-order chi connectivity index (χ1) is 13.1. The fraction of sp³-hybridized carbons (Fsp3) is 0.350. The number of aromatic amines is 1. The third-order valence-corrected chi connectivity index (χ3v) is 4.83.